The fourth-order valence-electron chi connectivity index (χ4n) is 1.97. The third kappa shape index (κ3) is 2.61. The van der Waals surface area contributed by atoms with Gasteiger partial charge in [-0.15, -0.1) is 5.92 Å². The molecule has 19 heavy (non-hydrogen) atoms. The minimum absolute atomic E-state index is 0.0628. The van der Waals surface area contributed by atoms with Gasteiger partial charge in [0.1, 0.15) is 18.1 Å². The van der Waals surface area contributed by atoms with E-state index < -0.39 is 24.1 Å². The molecule has 1 saturated heterocycles. The first-order chi connectivity index (χ1) is 9.06. The van der Waals surface area contributed by atoms with Gasteiger partial charge in [-0.1, -0.05) is 5.92 Å². The first kappa shape index (κ1) is 13.5. The maximum Gasteiger partial charge on any atom is 0.351 e. The lowest BCUT2D eigenvalue weighted by Crippen LogP contribution is -2.28. The molecular weight excluding hydrogens is 250 g/mol. The van der Waals surface area contributed by atoms with Crippen LogP contribution in [0, 0.1) is 11.8 Å². The van der Waals surface area contributed by atoms with E-state index >= 15 is 0 Å². The number of hydrogen-bond acceptors (Lipinski definition) is 6. The Balaban J connectivity index is 2.37. The van der Waals surface area contributed by atoms with Gasteiger partial charge in [-0.05, 0) is 6.92 Å². The van der Waals surface area contributed by atoms with Crippen LogP contribution in [-0.4, -0.2) is 38.6 Å². The average Bonchev–Trinajstić information content (AvgIpc) is 2.74. The smallest absolute Gasteiger partial charge is 0.351 e. The molecular formula is C12H15N3O4. The van der Waals surface area contributed by atoms with E-state index in [9.17, 15) is 9.90 Å². The van der Waals surface area contributed by atoms with Crippen LogP contribution >= 0.6 is 0 Å². The molecule has 1 fully saturated rings. The number of nitrogens with zero attached hydrogens (tertiary/aromatic N) is 2. The van der Waals surface area contributed by atoms with Gasteiger partial charge in [-0.2, -0.15) is 4.98 Å². The van der Waals surface area contributed by atoms with Gasteiger partial charge in [0.05, 0.1) is 18.3 Å². The first-order valence-electron chi connectivity index (χ1n) is 5.82. The van der Waals surface area contributed by atoms with Gasteiger partial charge in [-0.3, -0.25) is 4.57 Å². The molecule has 0 radical (unpaired) electrons. The minimum atomic E-state index is -0.819. The number of hydrogen-bond donors (Lipinski definition) is 3. The second-order valence-corrected chi connectivity index (χ2v) is 4.22. The van der Waals surface area contributed by atoms with Gasteiger partial charge < -0.3 is 20.7 Å². The molecule has 4 N–H and O–H groups in total. The third-order valence-electron chi connectivity index (χ3n) is 2.94. The van der Waals surface area contributed by atoms with Crippen molar-refractivity contribution >= 4 is 5.82 Å². The number of nitrogen functional groups attached to an aromatic ring is 1. The number of aliphatic hydroxyl groups is 2. The maximum atomic E-state index is 11.8. The molecule has 7 heteroatoms. The lowest BCUT2D eigenvalue weighted by Gasteiger charge is -2.14. The van der Waals surface area contributed by atoms with Crippen molar-refractivity contribution in [1.82, 2.24) is 9.55 Å². The zero-order valence-electron chi connectivity index (χ0n) is 10.4. The SMILES string of the molecule is CC#Cc1cn([C@H]2C[C@H](O)[C@@H](CO)O2)c(=O)nc1N. The lowest BCUT2D eigenvalue weighted by molar-refractivity contribution is -0.0458. The van der Waals surface area contributed by atoms with Crippen molar-refractivity contribution in [3.63, 3.8) is 0 Å². The predicted octanol–water partition coefficient (Wildman–Crippen LogP) is -1.16. The molecule has 0 aliphatic carbocycles. The van der Waals surface area contributed by atoms with Crippen molar-refractivity contribution in [2.75, 3.05) is 12.3 Å². The Bertz CT molecular complexity index is 587. The van der Waals surface area contributed by atoms with E-state index in [1.54, 1.807) is 6.92 Å². The quantitative estimate of drug-likeness (QED) is 0.582. The molecule has 1 aliphatic rings. The number of anilines is 1. The molecule has 1 aromatic heterocycles. The van der Waals surface area contributed by atoms with Crippen LogP contribution in [0.25, 0.3) is 0 Å². The van der Waals surface area contributed by atoms with Gasteiger partial charge in [0, 0.05) is 12.6 Å². The fraction of sp³-hybridized carbons (Fsp3) is 0.500. The van der Waals surface area contributed by atoms with Crippen LogP contribution < -0.4 is 11.4 Å². The summed E-state index contributed by atoms with van der Waals surface area (Å²) in [5.41, 5.74) is 5.45. The number of ether oxygens (including phenoxy) is 1. The van der Waals surface area contributed by atoms with Crippen molar-refractivity contribution in [1.29, 1.82) is 0 Å². The summed E-state index contributed by atoms with van der Waals surface area (Å²) in [6, 6.07) is 0. The largest absolute Gasteiger partial charge is 0.394 e. The summed E-state index contributed by atoms with van der Waals surface area (Å²) in [6.07, 6.45) is -0.533. The molecule has 0 unspecified atom stereocenters. The number of aliphatic hydroxyl groups excluding tert-OH is 2. The van der Waals surface area contributed by atoms with Gasteiger partial charge in [0.15, 0.2) is 0 Å². The van der Waals surface area contributed by atoms with Crippen LogP contribution in [0.1, 0.15) is 25.1 Å². The van der Waals surface area contributed by atoms with Crippen molar-refractivity contribution in [2.24, 2.45) is 0 Å². The molecule has 0 spiro atoms. The molecule has 2 rings (SSSR count). The first-order valence-corrected chi connectivity index (χ1v) is 5.82. The highest BCUT2D eigenvalue weighted by Gasteiger charge is 2.35. The molecule has 0 aromatic carbocycles. The summed E-state index contributed by atoms with van der Waals surface area (Å²) >= 11 is 0. The molecule has 1 aliphatic heterocycles. The molecule has 7 nitrogen and oxygen atoms in total. The van der Waals surface area contributed by atoms with Crippen molar-refractivity contribution < 1.29 is 14.9 Å². The highest BCUT2D eigenvalue weighted by molar-refractivity contribution is 5.48. The van der Waals surface area contributed by atoms with E-state index in [-0.39, 0.29) is 18.8 Å². The van der Waals surface area contributed by atoms with Gasteiger partial charge in [0.2, 0.25) is 0 Å². The fourth-order valence-corrected chi connectivity index (χ4v) is 1.97. The monoisotopic (exact) mass is 265 g/mol. The van der Waals surface area contributed by atoms with Gasteiger partial charge in [0.25, 0.3) is 0 Å². The van der Waals surface area contributed by atoms with Crippen molar-refractivity contribution in [3.8, 4) is 11.8 Å². The Morgan fingerprint density at radius 1 is 1.68 bits per heavy atom. The standard InChI is InChI=1S/C12H15N3O4/c1-2-3-7-5-15(12(18)14-11(7)13)10-4-8(17)9(6-16)19-10/h5,8-10,16-17H,4,6H2,1H3,(H2,13,14,18)/t8-,9+,10+/m0/s1. The summed E-state index contributed by atoms with van der Waals surface area (Å²) in [5.74, 6) is 5.48. The van der Waals surface area contributed by atoms with Crippen LogP contribution in [0.15, 0.2) is 11.0 Å². The number of rotatable bonds is 2. The molecule has 0 amide bonds. The molecule has 102 valence electrons. The van der Waals surface area contributed by atoms with Crippen molar-refractivity contribution in [3.05, 3.63) is 22.2 Å². The summed E-state index contributed by atoms with van der Waals surface area (Å²) < 4.78 is 6.63. The number of nitrogens with two attached hydrogens (primary N) is 1. The Kier molecular flexibility index (Phi) is 3.85. The Morgan fingerprint density at radius 3 is 3.00 bits per heavy atom. The predicted molar refractivity (Wildman–Crippen MR) is 67.1 cm³/mol. The summed E-state index contributed by atoms with van der Waals surface area (Å²) in [5, 5.41) is 18.7. The van der Waals surface area contributed by atoms with Crippen LogP contribution in [0.3, 0.4) is 0 Å². The molecule has 2 heterocycles. The number of aromatic nitrogens is 2. The highest BCUT2D eigenvalue weighted by atomic mass is 16.5. The summed E-state index contributed by atoms with van der Waals surface area (Å²) in [7, 11) is 0. The van der Waals surface area contributed by atoms with E-state index in [1.807, 2.05) is 0 Å². The molecule has 0 saturated carbocycles. The van der Waals surface area contributed by atoms with E-state index in [0.717, 1.165) is 0 Å². The Morgan fingerprint density at radius 2 is 2.42 bits per heavy atom. The molecule has 0 bridgehead atoms. The van der Waals surface area contributed by atoms with Gasteiger partial charge in [-0.25, -0.2) is 4.79 Å². The lowest BCUT2D eigenvalue weighted by atomic mass is 10.2. The van der Waals surface area contributed by atoms with E-state index in [1.165, 1.54) is 10.8 Å². The van der Waals surface area contributed by atoms with Crippen molar-refractivity contribution in [2.45, 2.75) is 31.8 Å². The minimum Gasteiger partial charge on any atom is -0.394 e. The van der Waals surface area contributed by atoms with E-state index in [2.05, 4.69) is 16.8 Å². The van der Waals surface area contributed by atoms with E-state index in [4.69, 9.17) is 15.6 Å². The normalized spacial score (nSPS) is 25.9. The van der Waals surface area contributed by atoms with Gasteiger partial charge >= 0.3 is 5.69 Å². The average molecular weight is 265 g/mol. The van der Waals surface area contributed by atoms with Crippen LogP contribution in [0.5, 0.6) is 0 Å². The second-order valence-electron chi connectivity index (χ2n) is 4.22. The van der Waals surface area contributed by atoms with E-state index in [0.29, 0.717) is 5.56 Å². The molecule has 3 atom stereocenters. The van der Waals surface area contributed by atoms with Crippen LogP contribution in [0.4, 0.5) is 5.82 Å². The second kappa shape index (κ2) is 5.40. The zero-order chi connectivity index (χ0) is 14.0. The Hall–Kier alpha value is -1.88. The van der Waals surface area contributed by atoms with Crippen LogP contribution in [-0.2, 0) is 4.74 Å². The van der Waals surface area contributed by atoms with Crippen LogP contribution in [0.2, 0.25) is 0 Å². The zero-order valence-corrected chi connectivity index (χ0v) is 10.4. The third-order valence-corrected chi connectivity index (χ3v) is 2.94. The molecule has 1 aromatic rings. The maximum absolute atomic E-state index is 11.8. The summed E-state index contributed by atoms with van der Waals surface area (Å²) in [6.45, 7) is 1.34. The topological polar surface area (TPSA) is 111 Å². The highest BCUT2D eigenvalue weighted by Crippen LogP contribution is 2.27. The summed E-state index contributed by atoms with van der Waals surface area (Å²) in [4.78, 5) is 15.5. The Labute approximate surface area is 109 Å².